The van der Waals surface area contributed by atoms with Crippen molar-refractivity contribution in [3.05, 3.63) is 98.3 Å². The molecule has 5 aromatic rings. The van der Waals surface area contributed by atoms with Crippen LogP contribution in [-0.4, -0.2) is 21.2 Å². The van der Waals surface area contributed by atoms with Crippen LogP contribution in [0.4, 0.5) is 0 Å². The zero-order valence-corrected chi connectivity index (χ0v) is 23.3. The summed E-state index contributed by atoms with van der Waals surface area (Å²) in [5, 5.41) is 16.5. The molecule has 2 aromatic heterocycles. The smallest absolute Gasteiger partial charge is 0.337 e. The fourth-order valence-electron chi connectivity index (χ4n) is 4.56. The van der Waals surface area contributed by atoms with E-state index in [0.717, 1.165) is 34.9 Å². The molecule has 0 unspecified atom stereocenters. The normalized spacial score (nSPS) is 13.0. The first-order valence-corrected chi connectivity index (χ1v) is 13.6. The van der Waals surface area contributed by atoms with E-state index in [-0.39, 0.29) is 18.1 Å². The third-order valence-electron chi connectivity index (χ3n) is 6.74. The molecule has 1 saturated carbocycles. The van der Waals surface area contributed by atoms with Crippen LogP contribution in [0.15, 0.2) is 65.2 Å². The fourth-order valence-corrected chi connectivity index (χ4v) is 5.41. The molecule has 1 aliphatic carbocycles. The highest BCUT2D eigenvalue weighted by molar-refractivity contribution is 6.39. The van der Waals surface area contributed by atoms with Gasteiger partial charge in [-0.05, 0) is 67.6 Å². The van der Waals surface area contributed by atoms with E-state index < -0.39 is 5.97 Å². The number of aromatic carboxylic acids is 1. The number of rotatable bonds is 8. The highest BCUT2D eigenvalue weighted by Gasteiger charge is 2.33. The molecule has 0 spiro atoms. The van der Waals surface area contributed by atoms with Crippen molar-refractivity contribution in [1.29, 1.82) is 0 Å². The highest BCUT2D eigenvalue weighted by atomic mass is 35.5. The molecule has 202 valence electrons. The minimum absolute atomic E-state index is 0.113. The molecule has 10 heteroatoms. The van der Waals surface area contributed by atoms with Crippen LogP contribution in [0.1, 0.15) is 46.1 Å². The van der Waals surface area contributed by atoms with Crippen molar-refractivity contribution in [1.82, 2.24) is 10.1 Å². The molecule has 3 aromatic carbocycles. The van der Waals surface area contributed by atoms with Gasteiger partial charge < -0.3 is 19.1 Å². The third kappa shape index (κ3) is 5.08. The average Bonchev–Trinajstić information content (AvgIpc) is 3.69. The number of fused-ring (bicyclic) bond motifs is 1. The summed E-state index contributed by atoms with van der Waals surface area (Å²) in [6, 6.07) is 17.5. The van der Waals surface area contributed by atoms with Gasteiger partial charge in [-0.1, -0.05) is 52.1 Å². The van der Waals surface area contributed by atoms with Crippen molar-refractivity contribution < 1.29 is 23.9 Å². The third-order valence-corrected chi connectivity index (χ3v) is 7.76. The molecule has 7 nitrogen and oxygen atoms in total. The van der Waals surface area contributed by atoms with Gasteiger partial charge >= 0.3 is 5.97 Å². The Hall–Kier alpha value is -3.78. The predicted molar refractivity (Wildman–Crippen MR) is 153 cm³/mol. The standard InChI is InChI=1S/C30H21Cl3N2O5/c1-15-19(30(36)37)10-12-25(34-15)39-24-11-7-17-13-18(8-9-20(17)27(24)33)38-14-21-28(35-40-29(21)16-5-6-16)26-22(31)3-2-4-23(26)32/h2-4,7-13,16H,5-6,14H2,1H3,(H,36,37). The summed E-state index contributed by atoms with van der Waals surface area (Å²) in [6.07, 6.45) is 2.07. The lowest BCUT2D eigenvalue weighted by Crippen LogP contribution is -2.02. The topological polar surface area (TPSA) is 94.7 Å². The number of benzene rings is 3. The zero-order chi connectivity index (χ0) is 28.0. The summed E-state index contributed by atoms with van der Waals surface area (Å²) in [5.41, 5.74) is 2.50. The molecule has 0 amide bonds. The molecule has 0 saturated heterocycles. The number of halogens is 3. The molecule has 6 rings (SSSR count). The minimum Gasteiger partial charge on any atom is -0.489 e. The predicted octanol–water partition coefficient (Wildman–Crippen LogP) is 9.11. The van der Waals surface area contributed by atoms with Gasteiger partial charge in [0.2, 0.25) is 5.88 Å². The molecule has 40 heavy (non-hydrogen) atoms. The molecular formula is C30H21Cl3N2O5. The Balaban J connectivity index is 1.25. The number of carboxylic acids is 1. The molecular weight excluding hydrogens is 575 g/mol. The van der Waals surface area contributed by atoms with Crippen LogP contribution in [0.25, 0.3) is 22.0 Å². The molecule has 2 heterocycles. The van der Waals surface area contributed by atoms with Gasteiger partial charge in [0.1, 0.15) is 29.6 Å². The van der Waals surface area contributed by atoms with E-state index in [0.29, 0.717) is 49.4 Å². The second-order valence-electron chi connectivity index (χ2n) is 9.48. The first-order chi connectivity index (χ1) is 19.3. The van der Waals surface area contributed by atoms with Crippen LogP contribution in [0, 0.1) is 6.92 Å². The largest absolute Gasteiger partial charge is 0.489 e. The van der Waals surface area contributed by atoms with Crippen molar-refractivity contribution in [3.8, 4) is 28.6 Å². The number of hydrogen-bond donors (Lipinski definition) is 1. The van der Waals surface area contributed by atoms with E-state index in [4.69, 9.17) is 48.8 Å². The van der Waals surface area contributed by atoms with Gasteiger partial charge in [0.15, 0.2) is 0 Å². The van der Waals surface area contributed by atoms with Gasteiger partial charge in [0.05, 0.1) is 31.9 Å². The van der Waals surface area contributed by atoms with E-state index in [9.17, 15) is 9.90 Å². The van der Waals surface area contributed by atoms with Crippen LogP contribution < -0.4 is 9.47 Å². The van der Waals surface area contributed by atoms with Crippen LogP contribution in [0.3, 0.4) is 0 Å². The lowest BCUT2D eigenvalue weighted by atomic mass is 10.0. The van der Waals surface area contributed by atoms with Gasteiger partial charge in [-0.15, -0.1) is 0 Å². The number of carboxylic acid groups (broad SMARTS) is 1. The summed E-state index contributed by atoms with van der Waals surface area (Å²) < 4.78 is 17.8. The first-order valence-electron chi connectivity index (χ1n) is 12.5. The molecule has 1 aliphatic rings. The van der Waals surface area contributed by atoms with Gasteiger partial charge in [0.25, 0.3) is 0 Å². The Labute approximate surface area is 244 Å². The van der Waals surface area contributed by atoms with E-state index in [1.807, 2.05) is 24.3 Å². The van der Waals surface area contributed by atoms with E-state index in [2.05, 4.69) is 10.1 Å². The second-order valence-corrected chi connectivity index (χ2v) is 10.7. The van der Waals surface area contributed by atoms with Crippen molar-refractivity contribution >= 4 is 51.5 Å². The number of ether oxygens (including phenoxy) is 2. The van der Waals surface area contributed by atoms with Crippen LogP contribution in [0.5, 0.6) is 17.4 Å². The second kappa shape index (κ2) is 10.7. The SMILES string of the molecule is Cc1nc(Oc2ccc3cc(OCc4c(-c5c(Cl)cccc5Cl)noc4C4CC4)ccc3c2Cl)ccc1C(=O)O. The van der Waals surface area contributed by atoms with Gasteiger partial charge in [0, 0.05) is 22.9 Å². The number of carbonyl (C=O) groups is 1. The quantitative estimate of drug-likeness (QED) is 0.191. The van der Waals surface area contributed by atoms with Gasteiger partial charge in [-0.2, -0.15) is 0 Å². The summed E-state index contributed by atoms with van der Waals surface area (Å²) in [5.74, 6) is 1.36. The molecule has 0 aliphatic heterocycles. The number of aryl methyl sites for hydroxylation is 1. The van der Waals surface area contributed by atoms with Crippen molar-refractivity contribution in [3.63, 3.8) is 0 Å². The molecule has 1 fully saturated rings. The van der Waals surface area contributed by atoms with E-state index in [1.165, 1.54) is 12.1 Å². The van der Waals surface area contributed by atoms with Gasteiger partial charge in [-0.3, -0.25) is 0 Å². The highest BCUT2D eigenvalue weighted by Crippen LogP contribution is 2.46. The number of nitrogens with zero attached hydrogens (tertiary/aromatic N) is 2. The Morgan fingerprint density at radius 3 is 2.52 bits per heavy atom. The first kappa shape index (κ1) is 26.4. The van der Waals surface area contributed by atoms with E-state index in [1.54, 1.807) is 31.2 Å². The van der Waals surface area contributed by atoms with Crippen LogP contribution >= 0.6 is 34.8 Å². The van der Waals surface area contributed by atoms with Gasteiger partial charge in [-0.25, -0.2) is 9.78 Å². The molecule has 0 radical (unpaired) electrons. The summed E-state index contributed by atoms with van der Waals surface area (Å²) in [6.45, 7) is 1.84. The summed E-state index contributed by atoms with van der Waals surface area (Å²) >= 11 is 19.6. The summed E-state index contributed by atoms with van der Waals surface area (Å²) in [4.78, 5) is 15.5. The maximum atomic E-state index is 11.3. The Kier molecular flexibility index (Phi) is 7.04. The molecule has 0 atom stereocenters. The Morgan fingerprint density at radius 2 is 1.82 bits per heavy atom. The Morgan fingerprint density at radius 1 is 1.05 bits per heavy atom. The number of aromatic nitrogens is 2. The van der Waals surface area contributed by atoms with Crippen molar-refractivity contribution in [2.24, 2.45) is 0 Å². The summed E-state index contributed by atoms with van der Waals surface area (Å²) in [7, 11) is 0. The van der Waals surface area contributed by atoms with Crippen molar-refractivity contribution in [2.45, 2.75) is 32.3 Å². The lowest BCUT2D eigenvalue weighted by molar-refractivity contribution is 0.0695. The maximum absolute atomic E-state index is 11.3. The Bertz CT molecular complexity index is 1760. The maximum Gasteiger partial charge on any atom is 0.337 e. The van der Waals surface area contributed by atoms with Crippen molar-refractivity contribution in [2.75, 3.05) is 0 Å². The monoisotopic (exact) mass is 594 g/mol. The van der Waals surface area contributed by atoms with Crippen LogP contribution in [-0.2, 0) is 6.61 Å². The fraction of sp³-hybridized carbons (Fsp3) is 0.167. The average molecular weight is 596 g/mol. The molecule has 0 bridgehead atoms. The lowest BCUT2D eigenvalue weighted by Gasteiger charge is -2.12. The number of pyridine rings is 1. The van der Waals surface area contributed by atoms with E-state index >= 15 is 0 Å². The zero-order valence-electron chi connectivity index (χ0n) is 21.1. The molecule has 1 N–H and O–H groups in total. The minimum atomic E-state index is -1.05. The van der Waals surface area contributed by atoms with Crippen LogP contribution in [0.2, 0.25) is 15.1 Å². The number of hydrogen-bond acceptors (Lipinski definition) is 6.